The number of carbonyl (C=O) groups is 1. The van der Waals surface area contributed by atoms with E-state index in [2.05, 4.69) is 20.5 Å². The van der Waals surface area contributed by atoms with Crippen LogP contribution in [0, 0.1) is 11.5 Å². The van der Waals surface area contributed by atoms with Crippen molar-refractivity contribution in [3.05, 3.63) is 63.7 Å². The Morgan fingerprint density at radius 3 is 2.25 bits per heavy atom. The zero-order valence-electron chi connectivity index (χ0n) is 18.4. The van der Waals surface area contributed by atoms with Crippen molar-refractivity contribution < 1.29 is 14.1 Å². The second kappa shape index (κ2) is 8.57. The van der Waals surface area contributed by atoms with Crippen LogP contribution in [0.5, 0.6) is 0 Å². The number of rotatable bonds is 5. The van der Waals surface area contributed by atoms with Crippen molar-refractivity contribution >= 4 is 21.6 Å². The van der Waals surface area contributed by atoms with Crippen LogP contribution in [-0.2, 0) is 47.0 Å². The van der Waals surface area contributed by atoms with E-state index in [-0.39, 0.29) is 5.75 Å². The first-order valence-electron chi connectivity index (χ1n) is 10.9. The minimum absolute atomic E-state index is 0.106. The quantitative estimate of drug-likeness (QED) is 0.468. The molecule has 0 saturated heterocycles. The van der Waals surface area contributed by atoms with Gasteiger partial charge in [-0.15, -0.1) is 4.36 Å². The molecule has 2 aromatic carbocycles. The molecule has 2 aliphatic carbocycles. The lowest BCUT2D eigenvalue weighted by molar-refractivity contribution is 0.0786. The minimum atomic E-state index is -3.35. The Balaban J connectivity index is 1.60. The van der Waals surface area contributed by atoms with Crippen molar-refractivity contribution in [3.63, 3.8) is 0 Å². The number of anilines is 1. The minimum Gasteiger partial charge on any atom is -0.386 e. The Bertz CT molecular complexity index is 1180. The third kappa shape index (κ3) is 4.64. The monoisotopic (exact) mass is 452 g/mol. The fourth-order valence-corrected chi connectivity index (χ4v) is 5.91. The van der Waals surface area contributed by atoms with Crippen LogP contribution >= 0.6 is 0 Å². The zero-order chi connectivity index (χ0) is 22.9. The maximum atomic E-state index is 13.3. The van der Waals surface area contributed by atoms with Gasteiger partial charge in [0, 0.05) is 5.69 Å². The summed E-state index contributed by atoms with van der Waals surface area (Å²) in [5.74, 6) is -0.106. The van der Waals surface area contributed by atoms with Crippen LogP contribution in [-0.4, -0.2) is 15.3 Å². The Hall–Kier alpha value is -2.89. The topological polar surface area (TPSA) is 115 Å². The lowest BCUT2D eigenvalue weighted by Crippen LogP contribution is -2.23. The van der Waals surface area contributed by atoms with E-state index in [1.54, 1.807) is 44.3 Å². The van der Waals surface area contributed by atoms with Gasteiger partial charge in [0.15, 0.2) is 16.1 Å². The number of nitrogens with zero attached hydrogens (tertiary/aromatic N) is 2. The van der Waals surface area contributed by atoms with Crippen molar-refractivity contribution in [2.75, 3.05) is 5.32 Å². The summed E-state index contributed by atoms with van der Waals surface area (Å²) in [5.41, 5.74) is 6.08. The number of carbonyl (C=O) groups excluding carboxylic acids is 1. The van der Waals surface area contributed by atoms with E-state index in [0.29, 0.717) is 11.1 Å². The molecule has 0 spiro atoms. The van der Waals surface area contributed by atoms with Gasteiger partial charge in [0.05, 0.1) is 11.4 Å². The molecule has 0 radical (unpaired) electrons. The van der Waals surface area contributed by atoms with E-state index in [9.17, 15) is 14.1 Å². The van der Waals surface area contributed by atoms with Gasteiger partial charge in [0.2, 0.25) is 0 Å². The first kappa shape index (κ1) is 22.3. The maximum Gasteiger partial charge on any atom is 0.355 e. The number of nitrogens with one attached hydrogen (secondary N) is 2. The van der Waals surface area contributed by atoms with Gasteiger partial charge in [-0.25, -0.2) is 13.7 Å². The first-order valence-corrected chi connectivity index (χ1v) is 12.6. The van der Waals surface area contributed by atoms with Crippen LogP contribution in [0.1, 0.15) is 60.1 Å². The number of hydrogen-bond acceptors (Lipinski definition) is 4. The second-order valence-corrected chi connectivity index (χ2v) is 11.0. The molecule has 2 aliphatic rings. The smallest absolute Gasteiger partial charge is 0.355 e. The summed E-state index contributed by atoms with van der Waals surface area (Å²) in [6, 6.07) is 8.47. The normalized spacial score (nSPS) is 16.4. The number of benzene rings is 2. The SMILES string of the molecule is CC(C)(O)c1ccc(C[S@](=O)(=NC(=O)Nc2c3c(cc4c2CCC4)CCC3)NC#N)cc1. The van der Waals surface area contributed by atoms with Crippen molar-refractivity contribution in [2.45, 2.75) is 63.7 Å². The van der Waals surface area contributed by atoms with Gasteiger partial charge in [-0.3, -0.25) is 0 Å². The number of aliphatic hydroxyl groups is 1. The summed E-state index contributed by atoms with van der Waals surface area (Å²) in [4.78, 5) is 12.8. The summed E-state index contributed by atoms with van der Waals surface area (Å²) in [5, 5.41) is 22.1. The van der Waals surface area contributed by atoms with Crippen LogP contribution < -0.4 is 10.0 Å². The lowest BCUT2D eigenvalue weighted by atomic mass is 9.98. The van der Waals surface area contributed by atoms with Crippen LogP contribution in [0.3, 0.4) is 0 Å². The molecule has 0 aliphatic heterocycles. The number of fused-ring (bicyclic) bond motifs is 2. The second-order valence-electron chi connectivity index (χ2n) is 9.01. The predicted octanol–water partition coefficient (Wildman–Crippen LogP) is 4.08. The van der Waals surface area contributed by atoms with Gasteiger partial charge in [0.25, 0.3) is 0 Å². The predicted molar refractivity (Wildman–Crippen MR) is 124 cm³/mol. The summed E-state index contributed by atoms with van der Waals surface area (Å²) >= 11 is 0. The average molecular weight is 453 g/mol. The Kier molecular flexibility index (Phi) is 5.97. The molecule has 0 fully saturated rings. The fourth-order valence-electron chi connectivity index (χ4n) is 4.63. The summed E-state index contributed by atoms with van der Waals surface area (Å²) < 4.78 is 19.4. The van der Waals surface area contributed by atoms with E-state index in [1.165, 1.54) is 11.1 Å². The number of urea groups is 1. The van der Waals surface area contributed by atoms with Gasteiger partial charge in [-0.1, -0.05) is 30.3 Å². The third-order valence-corrected chi connectivity index (χ3v) is 7.76. The molecule has 8 heteroatoms. The zero-order valence-corrected chi connectivity index (χ0v) is 19.2. The van der Waals surface area contributed by atoms with E-state index in [4.69, 9.17) is 5.26 Å². The van der Waals surface area contributed by atoms with Crippen molar-refractivity contribution in [3.8, 4) is 6.19 Å². The molecule has 4 rings (SSSR count). The number of amides is 2. The molecule has 0 bridgehead atoms. The van der Waals surface area contributed by atoms with Crippen LogP contribution in [0.2, 0.25) is 0 Å². The summed E-state index contributed by atoms with van der Waals surface area (Å²) in [6.07, 6.45) is 7.65. The molecule has 2 amide bonds. The van der Waals surface area contributed by atoms with Gasteiger partial charge in [-0.2, -0.15) is 5.26 Å². The Morgan fingerprint density at radius 2 is 1.72 bits per heavy atom. The molecule has 0 aromatic heterocycles. The molecule has 168 valence electrons. The molecular formula is C24H28N4O3S. The van der Waals surface area contributed by atoms with Crippen LogP contribution in [0.15, 0.2) is 34.7 Å². The van der Waals surface area contributed by atoms with Crippen LogP contribution in [0.25, 0.3) is 0 Å². The molecule has 0 heterocycles. The number of nitriles is 1. The fraction of sp³-hybridized carbons (Fsp3) is 0.417. The van der Waals surface area contributed by atoms with Gasteiger partial charge in [0.1, 0.15) is 0 Å². The highest BCUT2D eigenvalue weighted by molar-refractivity contribution is 7.91. The van der Waals surface area contributed by atoms with Gasteiger partial charge in [-0.05, 0) is 85.8 Å². The molecule has 7 nitrogen and oxygen atoms in total. The van der Waals surface area contributed by atoms with Crippen LogP contribution in [0.4, 0.5) is 10.5 Å². The molecule has 0 saturated carbocycles. The van der Waals surface area contributed by atoms with Crippen molar-refractivity contribution in [2.24, 2.45) is 4.36 Å². The molecular weight excluding hydrogens is 424 g/mol. The van der Waals surface area contributed by atoms with E-state index < -0.39 is 21.5 Å². The first-order chi connectivity index (χ1) is 15.2. The van der Waals surface area contributed by atoms with Gasteiger partial charge < -0.3 is 10.4 Å². The Labute approximate surface area is 189 Å². The number of hydrogen-bond donors (Lipinski definition) is 3. The lowest BCUT2D eigenvalue weighted by Gasteiger charge is -2.18. The molecule has 2 aromatic rings. The molecule has 0 unspecified atom stereocenters. The van der Waals surface area contributed by atoms with Gasteiger partial charge >= 0.3 is 6.03 Å². The summed E-state index contributed by atoms with van der Waals surface area (Å²) in [7, 11) is -3.35. The highest BCUT2D eigenvalue weighted by Gasteiger charge is 2.25. The molecule has 3 N–H and O–H groups in total. The van der Waals surface area contributed by atoms with Crippen molar-refractivity contribution in [1.29, 1.82) is 5.26 Å². The van der Waals surface area contributed by atoms with E-state index in [1.807, 2.05) is 0 Å². The number of aryl methyl sites for hydroxylation is 2. The van der Waals surface area contributed by atoms with E-state index >= 15 is 0 Å². The van der Waals surface area contributed by atoms with E-state index in [0.717, 1.165) is 55.3 Å². The highest BCUT2D eigenvalue weighted by Crippen LogP contribution is 2.38. The molecule has 1 atom stereocenters. The molecule has 32 heavy (non-hydrogen) atoms. The standard InChI is InChI=1S/C24H28N4O3S/c1-24(2,30)19-11-9-16(10-12-19)14-32(31,26-15-25)28-23(29)27-22-20-7-3-5-17(20)13-18-6-4-8-21(18)22/h9-13,30H,3-8,14H2,1-2H3,(H2,26,27,28,29,31)/t32-/m1/s1. The highest BCUT2D eigenvalue weighted by atomic mass is 32.2. The third-order valence-electron chi connectivity index (χ3n) is 6.16. The Morgan fingerprint density at radius 1 is 1.12 bits per heavy atom. The summed E-state index contributed by atoms with van der Waals surface area (Å²) in [6.45, 7) is 3.36. The van der Waals surface area contributed by atoms with Crippen molar-refractivity contribution in [1.82, 2.24) is 4.72 Å². The largest absolute Gasteiger partial charge is 0.386 e. The maximum absolute atomic E-state index is 13.3. The average Bonchev–Trinajstić information content (AvgIpc) is 3.36.